The Morgan fingerprint density at radius 3 is 2.41 bits per heavy atom. The maximum absolute atomic E-state index is 13.1. The van der Waals surface area contributed by atoms with E-state index in [2.05, 4.69) is 35.1 Å². The molecule has 3 aromatic rings. The van der Waals surface area contributed by atoms with Gasteiger partial charge in [-0.3, -0.25) is 4.79 Å². The van der Waals surface area contributed by atoms with E-state index < -0.39 is 0 Å². The van der Waals surface area contributed by atoms with Gasteiger partial charge in [0, 0.05) is 37.9 Å². The number of hydrogen-bond acceptors (Lipinski definition) is 4. The van der Waals surface area contributed by atoms with E-state index in [1.165, 1.54) is 5.56 Å². The van der Waals surface area contributed by atoms with Crippen LogP contribution in [-0.4, -0.2) is 53.9 Å². The maximum atomic E-state index is 13.1. The van der Waals surface area contributed by atoms with Gasteiger partial charge in [0.25, 0.3) is 5.91 Å². The number of rotatable bonds is 4. The molecule has 0 N–H and O–H groups in total. The predicted octanol–water partition coefficient (Wildman–Crippen LogP) is 3.46. The molecule has 1 aromatic heterocycles. The van der Waals surface area contributed by atoms with Gasteiger partial charge in [-0.1, -0.05) is 18.2 Å². The lowest BCUT2D eigenvalue weighted by Crippen LogP contribution is -2.48. The molecule has 0 atom stereocenters. The average Bonchev–Trinajstić information content (AvgIpc) is 3.14. The van der Waals surface area contributed by atoms with Gasteiger partial charge in [-0.25, -0.2) is 4.68 Å². The first kappa shape index (κ1) is 19.1. The Balaban J connectivity index is 1.46. The Morgan fingerprint density at radius 1 is 0.966 bits per heavy atom. The second-order valence-corrected chi connectivity index (χ2v) is 7.38. The van der Waals surface area contributed by atoms with Crippen molar-refractivity contribution in [3.05, 3.63) is 71.5 Å². The summed E-state index contributed by atoms with van der Waals surface area (Å²) in [6, 6.07) is 16.2. The lowest BCUT2D eigenvalue weighted by Gasteiger charge is -2.36. The van der Waals surface area contributed by atoms with Crippen molar-refractivity contribution in [3.8, 4) is 11.4 Å². The van der Waals surface area contributed by atoms with E-state index in [1.54, 1.807) is 13.3 Å². The molecule has 0 bridgehead atoms. The zero-order valence-corrected chi connectivity index (χ0v) is 17.1. The summed E-state index contributed by atoms with van der Waals surface area (Å²) in [7, 11) is 1.68. The molecule has 0 spiro atoms. The van der Waals surface area contributed by atoms with Crippen molar-refractivity contribution in [2.45, 2.75) is 13.8 Å². The molecule has 1 aliphatic rings. The van der Waals surface area contributed by atoms with Gasteiger partial charge in [0.15, 0.2) is 0 Å². The van der Waals surface area contributed by atoms with E-state index in [1.807, 2.05) is 46.8 Å². The molecule has 6 heteroatoms. The fraction of sp³-hybridized carbons (Fsp3) is 0.304. The van der Waals surface area contributed by atoms with Gasteiger partial charge in [-0.2, -0.15) is 5.10 Å². The summed E-state index contributed by atoms with van der Waals surface area (Å²) >= 11 is 0. The van der Waals surface area contributed by atoms with Crippen LogP contribution in [0, 0.1) is 13.8 Å². The Morgan fingerprint density at radius 2 is 1.69 bits per heavy atom. The van der Waals surface area contributed by atoms with Gasteiger partial charge in [-0.05, 0) is 43.7 Å². The van der Waals surface area contributed by atoms with Crippen molar-refractivity contribution < 1.29 is 9.53 Å². The van der Waals surface area contributed by atoms with E-state index >= 15 is 0 Å². The van der Waals surface area contributed by atoms with Crippen LogP contribution in [0.2, 0.25) is 0 Å². The largest absolute Gasteiger partial charge is 0.497 e. The zero-order chi connectivity index (χ0) is 20.4. The standard InChI is InChI=1S/C23H26N4O2/c1-17-6-4-8-20(14-17)27-18(2)22(16-24-27)23(28)26-12-10-25(11-13-26)19-7-5-9-21(15-19)29-3/h4-9,14-16H,10-13H2,1-3H3. The summed E-state index contributed by atoms with van der Waals surface area (Å²) in [5.74, 6) is 0.895. The molecule has 1 amide bonds. The molecule has 150 valence electrons. The van der Waals surface area contributed by atoms with Gasteiger partial charge in [0.2, 0.25) is 0 Å². The Bertz CT molecular complexity index is 1020. The van der Waals surface area contributed by atoms with Crippen LogP contribution < -0.4 is 9.64 Å². The normalized spacial score (nSPS) is 14.2. The highest BCUT2D eigenvalue weighted by Gasteiger charge is 2.25. The van der Waals surface area contributed by atoms with Crippen molar-refractivity contribution in [1.29, 1.82) is 0 Å². The Labute approximate surface area is 171 Å². The van der Waals surface area contributed by atoms with E-state index in [0.717, 1.165) is 35.9 Å². The molecule has 1 saturated heterocycles. The van der Waals surface area contributed by atoms with Crippen LogP contribution in [0.15, 0.2) is 54.7 Å². The molecule has 0 radical (unpaired) electrons. The number of carbonyl (C=O) groups is 1. The molecular weight excluding hydrogens is 364 g/mol. The first-order chi connectivity index (χ1) is 14.1. The molecule has 6 nitrogen and oxygen atoms in total. The summed E-state index contributed by atoms with van der Waals surface area (Å²) in [6.07, 6.45) is 1.69. The van der Waals surface area contributed by atoms with E-state index in [-0.39, 0.29) is 5.91 Å². The molecule has 2 heterocycles. The van der Waals surface area contributed by atoms with Crippen LogP contribution in [-0.2, 0) is 0 Å². The summed E-state index contributed by atoms with van der Waals surface area (Å²) in [5.41, 5.74) is 4.81. The third kappa shape index (κ3) is 3.83. The quantitative estimate of drug-likeness (QED) is 0.685. The average molecular weight is 390 g/mol. The summed E-state index contributed by atoms with van der Waals surface area (Å²) in [4.78, 5) is 17.3. The monoisotopic (exact) mass is 390 g/mol. The molecular formula is C23H26N4O2. The van der Waals surface area contributed by atoms with Gasteiger partial charge < -0.3 is 14.5 Å². The number of anilines is 1. The number of aromatic nitrogens is 2. The molecule has 1 aliphatic heterocycles. The fourth-order valence-corrected chi connectivity index (χ4v) is 3.78. The summed E-state index contributed by atoms with van der Waals surface area (Å²) in [5, 5.41) is 4.47. The minimum atomic E-state index is 0.0479. The lowest BCUT2D eigenvalue weighted by molar-refractivity contribution is 0.0746. The number of amides is 1. The van der Waals surface area contributed by atoms with Crippen LogP contribution in [0.1, 0.15) is 21.6 Å². The van der Waals surface area contributed by atoms with Gasteiger partial charge in [0.1, 0.15) is 5.75 Å². The molecule has 4 rings (SSSR count). The van der Waals surface area contributed by atoms with E-state index in [9.17, 15) is 4.79 Å². The Hall–Kier alpha value is -3.28. The predicted molar refractivity (Wildman–Crippen MR) is 114 cm³/mol. The highest BCUT2D eigenvalue weighted by atomic mass is 16.5. The van der Waals surface area contributed by atoms with Crippen LogP contribution >= 0.6 is 0 Å². The third-order valence-corrected chi connectivity index (χ3v) is 5.47. The van der Waals surface area contributed by atoms with E-state index in [4.69, 9.17) is 4.74 Å². The fourth-order valence-electron chi connectivity index (χ4n) is 3.78. The topological polar surface area (TPSA) is 50.6 Å². The number of piperazine rings is 1. The Kier molecular flexibility index (Phi) is 5.25. The van der Waals surface area contributed by atoms with Crippen LogP contribution in [0.25, 0.3) is 5.69 Å². The summed E-state index contributed by atoms with van der Waals surface area (Å²) in [6.45, 7) is 6.97. The third-order valence-electron chi connectivity index (χ3n) is 5.47. The first-order valence-electron chi connectivity index (χ1n) is 9.87. The number of methoxy groups -OCH3 is 1. The van der Waals surface area contributed by atoms with Crippen LogP contribution in [0.5, 0.6) is 5.75 Å². The van der Waals surface area contributed by atoms with E-state index in [0.29, 0.717) is 18.7 Å². The number of carbonyl (C=O) groups excluding carboxylic acids is 1. The van der Waals surface area contributed by atoms with Crippen molar-refractivity contribution in [2.75, 3.05) is 38.2 Å². The zero-order valence-electron chi connectivity index (χ0n) is 17.1. The molecule has 0 saturated carbocycles. The van der Waals surface area contributed by atoms with Crippen molar-refractivity contribution in [2.24, 2.45) is 0 Å². The highest BCUT2D eigenvalue weighted by Crippen LogP contribution is 2.23. The second kappa shape index (κ2) is 7.99. The number of aryl methyl sites for hydroxylation is 1. The van der Waals surface area contributed by atoms with Crippen LogP contribution in [0.4, 0.5) is 5.69 Å². The number of ether oxygens (including phenoxy) is 1. The molecule has 0 aliphatic carbocycles. The minimum absolute atomic E-state index is 0.0479. The number of benzene rings is 2. The number of hydrogen-bond donors (Lipinski definition) is 0. The molecule has 0 unspecified atom stereocenters. The second-order valence-electron chi connectivity index (χ2n) is 7.38. The molecule has 1 fully saturated rings. The van der Waals surface area contributed by atoms with Gasteiger partial charge >= 0.3 is 0 Å². The SMILES string of the molecule is COc1cccc(N2CCN(C(=O)c3cnn(-c4cccc(C)c4)c3C)CC2)c1. The molecule has 29 heavy (non-hydrogen) atoms. The van der Waals surface area contributed by atoms with Crippen molar-refractivity contribution in [1.82, 2.24) is 14.7 Å². The number of nitrogens with zero attached hydrogens (tertiary/aromatic N) is 4. The molecule has 2 aromatic carbocycles. The minimum Gasteiger partial charge on any atom is -0.497 e. The lowest BCUT2D eigenvalue weighted by atomic mass is 10.2. The smallest absolute Gasteiger partial charge is 0.257 e. The highest BCUT2D eigenvalue weighted by molar-refractivity contribution is 5.95. The van der Waals surface area contributed by atoms with Gasteiger partial charge in [0.05, 0.1) is 30.3 Å². The van der Waals surface area contributed by atoms with Crippen molar-refractivity contribution in [3.63, 3.8) is 0 Å². The van der Waals surface area contributed by atoms with Crippen molar-refractivity contribution >= 4 is 11.6 Å². The van der Waals surface area contributed by atoms with Crippen LogP contribution in [0.3, 0.4) is 0 Å². The van der Waals surface area contributed by atoms with Gasteiger partial charge in [-0.15, -0.1) is 0 Å². The first-order valence-corrected chi connectivity index (χ1v) is 9.87. The summed E-state index contributed by atoms with van der Waals surface area (Å²) < 4.78 is 7.16. The maximum Gasteiger partial charge on any atom is 0.257 e.